The molecule has 90 valence electrons. The molecule has 0 fully saturated rings. The third-order valence-electron chi connectivity index (χ3n) is 2.87. The highest BCUT2D eigenvalue weighted by Crippen LogP contribution is 2.53. The zero-order valence-electron chi connectivity index (χ0n) is 9.31. The number of hydrogen-bond donors (Lipinski definition) is 0. The Kier molecular flexibility index (Phi) is 3.56. The van der Waals surface area contributed by atoms with Gasteiger partial charge >= 0.3 is 0 Å². The van der Waals surface area contributed by atoms with Gasteiger partial charge in [0.2, 0.25) is 5.55 Å². The summed E-state index contributed by atoms with van der Waals surface area (Å²) in [6.07, 6.45) is 0. The van der Waals surface area contributed by atoms with Gasteiger partial charge in [-0.3, -0.25) is 0 Å². The normalized spacial score (nSPS) is 11.3. The molecule has 1 nitrogen and oxygen atoms in total. The fourth-order valence-electron chi connectivity index (χ4n) is 2.09. The lowest BCUT2D eigenvalue weighted by Gasteiger charge is -2.10. The summed E-state index contributed by atoms with van der Waals surface area (Å²) in [4.78, 5) is 0. The Labute approximate surface area is 122 Å². The largest absolute Gasteiger partial charge is 0.451 e. The molecule has 0 aromatic heterocycles. The second-order valence-electron chi connectivity index (χ2n) is 3.97. The molecular weight excluding hydrogens is 375 g/mol. The minimum atomic E-state index is -0.768. The molecule has 3 rings (SSSR count). The first kappa shape index (κ1) is 12.4. The van der Waals surface area contributed by atoms with E-state index in [-0.39, 0.29) is 0 Å². The summed E-state index contributed by atoms with van der Waals surface area (Å²) in [6, 6.07) is 18.9. The van der Waals surface area contributed by atoms with Gasteiger partial charge in [-0.05, 0) is 65.3 Å². The zero-order chi connectivity index (χ0) is 12.5. The fraction of sp³-hybridized carbons (Fsp3) is 0. The molecule has 0 heterocycles. The summed E-state index contributed by atoms with van der Waals surface area (Å²) in [5, 5.41) is 4.82. The maximum atomic E-state index is 5.77. The van der Waals surface area contributed by atoms with Gasteiger partial charge in [-0.2, -0.15) is 0 Å². The zero-order valence-corrected chi connectivity index (χ0v) is 13.4. The molecule has 0 aliphatic heterocycles. The van der Waals surface area contributed by atoms with Crippen LogP contribution in [0.15, 0.2) is 54.6 Å². The molecule has 3 aromatic carbocycles. The Balaban J connectivity index is 2.29. The van der Waals surface area contributed by atoms with E-state index in [0.29, 0.717) is 0 Å². The van der Waals surface area contributed by atoms with Crippen molar-refractivity contribution in [3.05, 3.63) is 54.6 Å². The predicted octanol–water partition coefficient (Wildman–Crippen LogP) is 6.39. The molecule has 4 heteroatoms. The molecule has 0 radical (unpaired) electrons. The second kappa shape index (κ2) is 5.16. The van der Waals surface area contributed by atoms with Crippen molar-refractivity contribution >= 4 is 58.1 Å². The van der Waals surface area contributed by atoms with E-state index in [9.17, 15) is 0 Å². The van der Waals surface area contributed by atoms with Crippen LogP contribution in [0.25, 0.3) is 21.5 Å². The first-order valence-electron chi connectivity index (χ1n) is 5.45. The lowest BCUT2D eigenvalue weighted by atomic mass is 10.0. The van der Waals surface area contributed by atoms with Gasteiger partial charge in [-0.15, -0.1) is 0 Å². The molecule has 0 saturated heterocycles. The third-order valence-corrected chi connectivity index (χ3v) is 4.08. The van der Waals surface area contributed by atoms with Crippen LogP contribution in [0.3, 0.4) is 0 Å². The van der Waals surface area contributed by atoms with Crippen LogP contribution in [0.1, 0.15) is 0 Å². The third kappa shape index (κ3) is 2.40. The maximum Gasteiger partial charge on any atom is 0.227 e. The van der Waals surface area contributed by atoms with Crippen LogP contribution in [0.2, 0.25) is 0 Å². The number of halogens is 2. The molecular formula is C14H9Br2OP. The standard InChI is InChI=1S/C14H9Br2OP/c15-18(16)17-14-7-3-6-12-8-10-4-1-2-5-11(10)9-13(12)14/h1-9H. The smallest absolute Gasteiger partial charge is 0.227 e. The second-order valence-corrected chi connectivity index (χ2v) is 11.3. The van der Waals surface area contributed by atoms with Crippen molar-refractivity contribution in [1.82, 2.24) is 0 Å². The van der Waals surface area contributed by atoms with E-state index < -0.39 is 5.55 Å². The molecule has 18 heavy (non-hydrogen) atoms. The van der Waals surface area contributed by atoms with Crippen molar-refractivity contribution in [2.24, 2.45) is 0 Å². The molecule has 0 spiro atoms. The van der Waals surface area contributed by atoms with Gasteiger partial charge in [0.1, 0.15) is 5.75 Å². The molecule has 0 bridgehead atoms. The first-order chi connectivity index (χ1) is 8.74. The van der Waals surface area contributed by atoms with Gasteiger partial charge in [0, 0.05) is 5.39 Å². The minimum Gasteiger partial charge on any atom is -0.451 e. The summed E-state index contributed by atoms with van der Waals surface area (Å²) in [5.41, 5.74) is -0.768. The van der Waals surface area contributed by atoms with E-state index in [4.69, 9.17) is 4.52 Å². The number of hydrogen-bond acceptors (Lipinski definition) is 1. The van der Waals surface area contributed by atoms with E-state index in [0.717, 1.165) is 11.1 Å². The van der Waals surface area contributed by atoms with Crippen molar-refractivity contribution < 1.29 is 4.52 Å². The van der Waals surface area contributed by atoms with E-state index in [2.05, 4.69) is 73.4 Å². The molecule has 0 amide bonds. The predicted molar refractivity (Wildman–Crippen MR) is 86.9 cm³/mol. The van der Waals surface area contributed by atoms with Gasteiger partial charge in [-0.25, -0.2) is 0 Å². The molecule has 0 atom stereocenters. The van der Waals surface area contributed by atoms with Crippen LogP contribution in [0.4, 0.5) is 0 Å². The van der Waals surface area contributed by atoms with Gasteiger partial charge < -0.3 is 4.52 Å². The van der Waals surface area contributed by atoms with Crippen LogP contribution >= 0.6 is 36.5 Å². The lowest BCUT2D eigenvalue weighted by Crippen LogP contribution is -1.82. The average Bonchev–Trinajstić information content (AvgIpc) is 2.36. The number of rotatable bonds is 2. The van der Waals surface area contributed by atoms with Gasteiger partial charge in [-0.1, -0.05) is 36.4 Å². The Morgan fingerprint density at radius 2 is 1.44 bits per heavy atom. The number of benzene rings is 3. The Hall–Kier alpha value is -0.630. The first-order valence-corrected chi connectivity index (χ1v) is 10.7. The molecule has 0 saturated carbocycles. The summed E-state index contributed by atoms with van der Waals surface area (Å²) in [6.45, 7) is 0. The van der Waals surface area contributed by atoms with Crippen molar-refractivity contribution in [2.75, 3.05) is 0 Å². The fourth-order valence-corrected chi connectivity index (χ4v) is 3.34. The van der Waals surface area contributed by atoms with Crippen LogP contribution in [-0.2, 0) is 0 Å². The maximum absolute atomic E-state index is 5.77. The average molecular weight is 384 g/mol. The van der Waals surface area contributed by atoms with E-state index in [1.807, 2.05) is 12.1 Å². The number of fused-ring (bicyclic) bond motifs is 2. The van der Waals surface area contributed by atoms with Crippen molar-refractivity contribution in [3.63, 3.8) is 0 Å². The van der Waals surface area contributed by atoms with Gasteiger partial charge in [0.15, 0.2) is 0 Å². The van der Waals surface area contributed by atoms with Crippen molar-refractivity contribution in [2.45, 2.75) is 0 Å². The SMILES string of the molecule is BrP(Br)Oc1cccc2cc3ccccc3cc12. The van der Waals surface area contributed by atoms with E-state index in [1.165, 1.54) is 16.2 Å². The summed E-state index contributed by atoms with van der Waals surface area (Å²) in [5.74, 6) is 0.901. The van der Waals surface area contributed by atoms with Crippen LogP contribution in [0, 0.1) is 0 Å². The summed E-state index contributed by atoms with van der Waals surface area (Å²) < 4.78 is 5.77. The monoisotopic (exact) mass is 382 g/mol. The summed E-state index contributed by atoms with van der Waals surface area (Å²) in [7, 11) is 0. The van der Waals surface area contributed by atoms with Gasteiger partial charge in [0.05, 0.1) is 0 Å². The topological polar surface area (TPSA) is 9.23 Å². The minimum absolute atomic E-state index is 0.768. The van der Waals surface area contributed by atoms with Crippen LogP contribution in [-0.4, -0.2) is 0 Å². The Bertz CT molecular complexity index is 712. The lowest BCUT2D eigenvalue weighted by molar-refractivity contribution is 0.649. The quantitative estimate of drug-likeness (QED) is 0.368. The molecule has 0 N–H and O–H groups in total. The highest BCUT2D eigenvalue weighted by atomic mass is 79.9. The molecule has 0 aliphatic rings. The Morgan fingerprint density at radius 3 is 2.17 bits per heavy atom. The Morgan fingerprint density at radius 1 is 0.778 bits per heavy atom. The van der Waals surface area contributed by atoms with Gasteiger partial charge in [0.25, 0.3) is 0 Å². The van der Waals surface area contributed by atoms with Crippen LogP contribution < -0.4 is 4.52 Å². The summed E-state index contributed by atoms with van der Waals surface area (Å²) >= 11 is 6.81. The van der Waals surface area contributed by atoms with E-state index in [1.54, 1.807) is 0 Å². The highest BCUT2D eigenvalue weighted by Gasteiger charge is 2.07. The molecule has 3 aromatic rings. The highest BCUT2D eigenvalue weighted by molar-refractivity contribution is 9.68. The molecule has 0 aliphatic carbocycles. The van der Waals surface area contributed by atoms with E-state index >= 15 is 0 Å². The molecule has 0 unspecified atom stereocenters. The van der Waals surface area contributed by atoms with Crippen molar-refractivity contribution in [1.29, 1.82) is 0 Å². The van der Waals surface area contributed by atoms with Crippen LogP contribution in [0.5, 0.6) is 5.75 Å². The van der Waals surface area contributed by atoms with Crippen molar-refractivity contribution in [3.8, 4) is 5.75 Å².